The van der Waals surface area contributed by atoms with Crippen molar-refractivity contribution in [2.24, 2.45) is 0 Å². The van der Waals surface area contributed by atoms with Crippen LogP contribution in [0.25, 0.3) is 10.8 Å². The highest BCUT2D eigenvalue weighted by atomic mass is 16.5. The number of hydrogen-bond acceptors (Lipinski definition) is 3. The van der Waals surface area contributed by atoms with Crippen molar-refractivity contribution >= 4 is 16.7 Å². The van der Waals surface area contributed by atoms with Crippen LogP contribution in [0.15, 0.2) is 36.4 Å². The smallest absolute Gasteiger partial charge is 0.305 e. The molecule has 0 fully saturated rings. The molecule has 2 aromatic carbocycles. The van der Waals surface area contributed by atoms with Gasteiger partial charge in [0.1, 0.15) is 12.4 Å². The molecule has 0 unspecified atom stereocenters. The van der Waals surface area contributed by atoms with Gasteiger partial charge in [0.2, 0.25) is 0 Å². The lowest BCUT2D eigenvalue weighted by molar-refractivity contribution is -0.144. The molecule has 0 heterocycles. The van der Waals surface area contributed by atoms with E-state index in [4.69, 9.17) is 9.47 Å². The first kappa shape index (κ1) is 12.4. The van der Waals surface area contributed by atoms with E-state index in [2.05, 4.69) is 0 Å². The Hall–Kier alpha value is -2.03. The van der Waals surface area contributed by atoms with Crippen molar-refractivity contribution in [2.45, 2.75) is 20.0 Å². The fourth-order valence-corrected chi connectivity index (χ4v) is 1.76. The Balaban J connectivity index is 2.20. The van der Waals surface area contributed by atoms with Crippen molar-refractivity contribution in [3.05, 3.63) is 42.0 Å². The fourth-order valence-electron chi connectivity index (χ4n) is 1.76. The van der Waals surface area contributed by atoms with E-state index in [0.717, 1.165) is 22.1 Å². The van der Waals surface area contributed by atoms with E-state index < -0.39 is 0 Å². The molecule has 2 rings (SSSR count). The molecule has 0 aliphatic heterocycles. The quantitative estimate of drug-likeness (QED) is 0.774. The minimum Gasteiger partial charge on any atom is -0.497 e. The maximum Gasteiger partial charge on any atom is 0.305 e. The molecule has 18 heavy (non-hydrogen) atoms. The minimum atomic E-state index is -0.176. The third kappa shape index (κ3) is 2.80. The van der Waals surface area contributed by atoms with Crippen LogP contribution in [-0.4, -0.2) is 13.1 Å². The largest absolute Gasteiger partial charge is 0.497 e. The highest BCUT2D eigenvalue weighted by molar-refractivity contribution is 5.84. The van der Waals surface area contributed by atoms with Crippen molar-refractivity contribution < 1.29 is 14.3 Å². The molecule has 0 radical (unpaired) electrons. The normalized spacial score (nSPS) is 10.3. The number of fused-ring (bicyclic) bond motifs is 1. The van der Waals surface area contributed by atoms with Crippen LogP contribution in [-0.2, 0) is 16.1 Å². The molecule has 94 valence electrons. The first-order valence-electron chi connectivity index (χ1n) is 5.95. The molecule has 0 aliphatic rings. The molecular formula is C15H16O3. The van der Waals surface area contributed by atoms with Gasteiger partial charge >= 0.3 is 5.97 Å². The third-order valence-electron chi connectivity index (χ3n) is 2.80. The maximum absolute atomic E-state index is 11.1. The summed E-state index contributed by atoms with van der Waals surface area (Å²) in [6, 6.07) is 11.9. The molecule has 3 nitrogen and oxygen atoms in total. The zero-order chi connectivity index (χ0) is 13.0. The number of ether oxygens (including phenoxy) is 2. The summed E-state index contributed by atoms with van der Waals surface area (Å²) in [5.41, 5.74) is 0.995. The van der Waals surface area contributed by atoms with E-state index in [9.17, 15) is 4.79 Å². The average molecular weight is 244 g/mol. The Bertz CT molecular complexity index is 561. The van der Waals surface area contributed by atoms with Gasteiger partial charge < -0.3 is 9.47 Å². The van der Waals surface area contributed by atoms with Gasteiger partial charge in [-0.15, -0.1) is 0 Å². The lowest BCUT2D eigenvalue weighted by Crippen LogP contribution is -2.02. The number of esters is 1. The summed E-state index contributed by atoms with van der Waals surface area (Å²) in [6.45, 7) is 2.11. The van der Waals surface area contributed by atoms with Crippen molar-refractivity contribution in [3.8, 4) is 5.75 Å². The second-order valence-corrected chi connectivity index (χ2v) is 4.06. The Labute approximate surface area is 106 Å². The second kappa shape index (κ2) is 5.54. The van der Waals surface area contributed by atoms with Crippen LogP contribution in [0.1, 0.15) is 18.9 Å². The van der Waals surface area contributed by atoms with E-state index in [1.807, 2.05) is 36.4 Å². The van der Waals surface area contributed by atoms with Crippen LogP contribution < -0.4 is 4.74 Å². The Morgan fingerprint density at radius 2 is 1.83 bits per heavy atom. The highest BCUT2D eigenvalue weighted by Crippen LogP contribution is 2.22. The molecule has 0 saturated heterocycles. The first-order chi connectivity index (χ1) is 8.72. The standard InChI is InChI=1S/C15H16O3/c1-3-15(16)18-10-11-4-5-13-9-14(17-2)7-6-12(13)8-11/h4-9H,3,10H2,1-2H3. The molecule has 0 amide bonds. The highest BCUT2D eigenvalue weighted by Gasteiger charge is 2.02. The molecule has 3 heteroatoms. The summed E-state index contributed by atoms with van der Waals surface area (Å²) < 4.78 is 10.3. The number of methoxy groups -OCH3 is 1. The number of rotatable bonds is 4. The number of carbonyl (C=O) groups excluding carboxylic acids is 1. The number of carbonyl (C=O) groups is 1. The summed E-state index contributed by atoms with van der Waals surface area (Å²) in [7, 11) is 1.65. The molecule has 0 saturated carbocycles. The molecule has 0 N–H and O–H groups in total. The van der Waals surface area contributed by atoms with Gasteiger partial charge in [0, 0.05) is 6.42 Å². The zero-order valence-corrected chi connectivity index (χ0v) is 10.6. The van der Waals surface area contributed by atoms with Gasteiger partial charge in [-0.3, -0.25) is 4.79 Å². The lowest BCUT2D eigenvalue weighted by Gasteiger charge is -2.06. The Kier molecular flexibility index (Phi) is 3.82. The van der Waals surface area contributed by atoms with Crippen molar-refractivity contribution in [3.63, 3.8) is 0 Å². The van der Waals surface area contributed by atoms with Gasteiger partial charge in [-0.05, 0) is 34.5 Å². The summed E-state index contributed by atoms with van der Waals surface area (Å²) in [6.07, 6.45) is 0.408. The van der Waals surface area contributed by atoms with Crippen LogP contribution in [0.2, 0.25) is 0 Å². The van der Waals surface area contributed by atoms with Crippen LogP contribution in [0.3, 0.4) is 0 Å². The van der Waals surface area contributed by atoms with Crippen molar-refractivity contribution in [1.29, 1.82) is 0 Å². The number of hydrogen-bond donors (Lipinski definition) is 0. The van der Waals surface area contributed by atoms with Crippen molar-refractivity contribution in [1.82, 2.24) is 0 Å². The third-order valence-corrected chi connectivity index (χ3v) is 2.80. The fraction of sp³-hybridized carbons (Fsp3) is 0.267. The zero-order valence-electron chi connectivity index (χ0n) is 10.6. The van der Waals surface area contributed by atoms with Gasteiger partial charge in [0.15, 0.2) is 0 Å². The molecule has 0 spiro atoms. The molecule has 0 bridgehead atoms. The van der Waals surface area contributed by atoms with Gasteiger partial charge in [0.05, 0.1) is 7.11 Å². The summed E-state index contributed by atoms with van der Waals surface area (Å²) >= 11 is 0. The molecule has 0 atom stereocenters. The Morgan fingerprint density at radius 3 is 2.56 bits per heavy atom. The van der Waals surface area contributed by atoms with E-state index in [1.165, 1.54) is 0 Å². The van der Waals surface area contributed by atoms with Gasteiger partial charge in [0.25, 0.3) is 0 Å². The predicted octanol–water partition coefficient (Wildman–Crippen LogP) is 3.30. The summed E-state index contributed by atoms with van der Waals surface area (Å²) in [4.78, 5) is 11.1. The van der Waals surface area contributed by atoms with Gasteiger partial charge in [-0.2, -0.15) is 0 Å². The second-order valence-electron chi connectivity index (χ2n) is 4.06. The average Bonchev–Trinajstić information content (AvgIpc) is 2.43. The van der Waals surface area contributed by atoms with Crippen LogP contribution >= 0.6 is 0 Å². The number of benzene rings is 2. The summed E-state index contributed by atoms with van der Waals surface area (Å²) in [5, 5.41) is 2.22. The van der Waals surface area contributed by atoms with Crippen LogP contribution in [0.4, 0.5) is 0 Å². The first-order valence-corrected chi connectivity index (χ1v) is 5.95. The molecule has 0 aromatic heterocycles. The lowest BCUT2D eigenvalue weighted by atomic mass is 10.1. The monoisotopic (exact) mass is 244 g/mol. The van der Waals surface area contributed by atoms with Crippen LogP contribution in [0, 0.1) is 0 Å². The van der Waals surface area contributed by atoms with E-state index in [0.29, 0.717) is 13.0 Å². The summed E-state index contributed by atoms with van der Waals surface area (Å²) in [5.74, 6) is 0.664. The van der Waals surface area contributed by atoms with E-state index in [1.54, 1.807) is 14.0 Å². The van der Waals surface area contributed by atoms with Crippen LogP contribution in [0.5, 0.6) is 5.75 Å². The van der Waals surface area contributed by atoms with E-state index >= 15 is 0 Å². The molecular weight excluding hydrogens is 228 g/mol. The topological polar surface area (TPSA) is 35.5 Å². The van der Waals surface area contributed by atoms with E-state index in [-0.39, 0.29) is 5.97 Å². The van der Waals surface area contributed by atoms with Crippen molar-refractivity contribution in [2.75, 3.05) is 7.11 Å². The van der Waals surface area contributed by atoms with Gasteiger partial charge in [-0.1, -0.05) is 25.1 Å². The minimum absolute atomic E-state index is 0.176. The molecule has 2 aromatic rings. The predicted molar refractivity (Wildman–Crippen MR) is 70.6 cm³/mol. The SMILES string of the molecule is CCC(=O)OCc1ccc2cc(OC)ccc2c1. The Morgan fingerprint density at radius 1 is 1.11 bits per heavy atom. The molecule has 0 aliphatic carbocycles. The maximum atomic E-state index is 11.1. The van der Waals surface area contributed by atoms with Gasteiger partial charge in [-0.25, -0.2) is 0 Å².